The molecule has 2 aromatic carbocycles. The van der Waals surface area contributed by atoms with E-state index in [1.165, 1.54) is 11.1 Å². The van der Waals surface area contributed by atoms with Crippen LogP contribution < -0.4 is 11.1 Å². The van der Waals surface area contributed by atoms with Crippen LogP contribution in [0.25, 0.3) is 11.0 Å². The molecule has 3 rings (SSSR count). The summed E-state index contributed by atoms with van der Waals surface area (Å²) in [7, 11) is 0. The molecule has 0 unspecified atom stereocenters. The summed E-state index contributed by atoms with van der Waals surface area (Å²) in [6, 6.07) is 14.4. The first-order chi connectivity index (χ1) is 12.2. The van der Waals surface area contributed by atoms with Crippen molar-refractivity contribution in [1.82, 2.24) is 9.97 Å². The van der Waals surface area contributed by atoms with Gasteiger partial charge in [0.05, 0.1) is 11.0 Å². The van der Waals surface area contributed by atoms with Gasteiger partial charge in [0.1, 0.15) is 5.82 Å². The lowest BCUT2D eigenvalue weighted by Crippen LogP contribution is -2.24. The maximum atomic E-state index is 6.10. The number of nitrogens with two attached hydrogens (primary N) is 1. The van der Waals surface area contributed by atoms with Crippen molar-refractivity contribution in [2.24, 2.45) is 10.7 Å². The predicted molar refractivity (Wildman–Crippen MR) is 105 cm³/mol. The Morgan fingerprint density at radius 3 is 2.48 bits per heavy atom. The largest absolute Gasteiger partial charge is 0.370 e. The first kappa shape index (κ1) is 17.0. The second-order valence-electron chi connectivity index (χ2n) is 6.00. The zero-order valence-corrected chi connectivity index (χ0v) is 14.8. The third-order valence-corrected chi connectivity index (χ3v) is 4.32. The van der Waals surface area contributed by atoms with Gasteiger partial charge in [0.2, 0.25) is 0 Å². The van der Waals surface area contributed by atoms with E-state index in [1.54, 1.807) is 0 Å². The number of H-pyrrole nitrogens is 1. The van der Waals surface area contributed by atoms with Crippen LogP contribution in [0.2, 0.25) is 0 Å². The molecular weight excluding hydrogens is 310 g/mol. The lowest BCUT2D eigenvalue weighted by Gasteiger charge is -2.14. The molecule has 0 spiro atoms. The van der Waals surface area contributed by atoms with Crippen LogP contribution in [0.1, 0.15) is 30.8 Å². The number of aromatic amines is 1. The molecule has 5 nitrogen and oxygen atoms in total. The number of rotatable bonds is 6. The van der Waals surface area contributed by atoms with Gasteiger partial charge in [-0.2, -0.15) is 0 Å². The topological polar surface area (TPSA) is 79.1 Å². The zero-order valence-electron chi connectivity index (χ0n) is 14.8. The summed E-state index contributed by atoms with van der Waals surface area (Å²) in [4.78, 5) is 12.3. The Bertz CT molecular complexity index is 823. The molecule has 5 heteroatoms. The lowest BCUT2D eigenvalue weighted by atomic mass is 10.0. The van der Waals surface area contributed by atoms with Gasteiger partial charge in [0.15, 0.2) is 5.96 Å². The van der Waals surface area contributed by atoms with Crippen molar-refractivity contribution in [2.45, 2.75) is 33.1 Å². The van der Waals surface area contributed by atoms with E-state index < -0.39 is 0 Å². The molecule has 0 bridgehead atoms. The molecule has 1 heterocycles. The number of hydrogen-bond donors (Lipinski definition) is 3. The lowest BCUT2D eigenvalue weighted by molar-refractivity contribution is 0.898. The third-order valence-electron chi connectivity index (χ3n) is 4.32. The number of hydrogen-bond acceptors (Lipinski definition) is 2. The summed E-state index contributed by atoms with van der Waals surface area (Å²) in [5.74, 6) is 1.38. The fourth-order valence-corrected chi connectivity index (χ4v) is 2.98. The molecule has 0 atom stereocenters. The van der Waals surface area contributed by atoms with Crippen LogP contribution in [0.5, 0.6) is 0 Å². The van der Waals surface area contributed by atoms with Crippen molar-refractivity contribution < 1.29 is 0 Å². The van der Waals surface area contributed by atoms with Crippen molar-refractivity contribution in [3.05, 3.63) is 59.4 Å². The van der Waals surface area contributed by atoms with Crippen LogP contribution in [0.4, 0.5) is 5.69 Å². The first-order valence-electron chi connectivity index (χ1n) is 8.82. The molecule has 0 saturated carbocycles. The average Bonchev–Trinajstić information content (AvgIpc) is 3.04. The molecule has 0 aliphatic rings. The fraction of sp³-hybridized carbons (Fsp3) is 0.300. The highest BCUT2D eigenvalue weighted by molar-refractivity contribution is 5.93. The van der Waals surface area contributed by atoms with Crippen molar-refractivity contribution in [1.29, 1.82) is 0 Å². The molecule has 25 heavy (non-hydrogen) atoms. The van der Waals surface area contributed by atoms with Crippen molar-refractivity contribution >= 4 is 22.7 Å². The van der Waals surface area contributed by atoms with Gasteiger partial charge in [-0.05, 0) is 36.1 Å². The van der Waals surface area contributed by atoms with Crippen molar-refractivity contribution in [3.63, 3.8) is 0 Å². The summed E-state index contributed by atoms with van der Waals surface area (Å²) in [6.07, 6.45) is 2.65. The Labute approximate surface area is 148 Å². The van der Waals surface area contributed by atoms with E-state index in [0.717, 1.165) is 41.8 Å². The van der Waals surface area contributed by atoms with E-state index in [0.29, 0.717) is 12.5 Å². The second kappa shape index (κ2) is 7.83. The molecule has 130 valence electrons. The van der Waals surface area contributed by atoms with Gasteiger partial charge >= 0.3 is 0 Å². The molecular formula is C20H25N5. The summed E-state index contributed by atoms with van der Waals surface area (Å²) in [6.45, 7) is 4.89. The highest BCUT2D eigenvalue weighted by Crippen LogP contribution is 2.22. The van der Waals surface area contributed by atoms with Crippen LogP contribution in [0.15, 0.2) is 47.5 Å². The number of fused-ring (bicyclic) bond motifs is 1. The monoisotopic (exact) mass is 335 g/mol. The Balaban J connectivity index is 1.66. The molecule has 1 aromatic heterocycles. The number of aliphatic imine (C=N–C) groups is 1. The van der Waals surface area contributed by atoms with E-state index in [4.69, 9.17) is 5.73 Å². The standard InChI is InChI=1S/C20H25N5/c1-3-14-8-7-9-15(4-2)19(14)25-20(21)22-13-12-18-23-16-10-5-6-11-17(16)24-18/h5-11H,3-4,12-13H2,1-2H3,(H,23,24)(H3,21,22,25). The molecule has 4 N–H and O–H groups in total. The molecule has 0 saturated heterocycles. The second-order valence-corrected chi connectivity index (χ2v) is 6.00. The predicted octanol–water partition coefficient (Wildman–Crippen LogP) is 3.66. The summed E-state index contributed by atoms with van der Waals surface area (Å²) in [5.41, 5.74) is 11.7. The molecule has 0 aliphatic carbocycles. The Morgan fingerprint density at radius 2 is 1.80 bits per heavy atom. The average molecular weight is 335 g/mol. The van der Waals surface area contributed by atoms with E-state index in [1.807, 2.05) is 24.3 Å². The van der Waals surface area contributed by atoms with Crippen LogP contribution >= 0.6 is 0 Å². The number of benzene rings is 2. The Hall–Kier alpha value is -2.82. The van der Waals surface area contributed by atoms with Gasteiger partial charge in [-0.1, -0.05) is 44.2 Å². The number of anilines is 1. The van der Waals surface area contributed by atoms with E-state index in [9.17, 15) is 0 Å². The van der Waals surface area contributed by atoms with Crippen LogP contribution in [0.3, 0.4) is 0 Å². The van der Waals surface area contributed by atoms with Gasteiger partial charge in [0.25, 0.3) is 0 Å². The van der Waals surface area contributed by atoms with E-state index >= 15 is 0 Å². The number of aryl methyl sites for hydroxylation is 2. The molecule has 3 aromatic rings. The molecule has 0 radical (unpaired) electrons. The summed E-state index contributed by atoms with van der Waals surface area (Å²) >= 11 is 0. The summed E-state index contributed by atoms with van der Waals surface area (Å²) < 4.78 is 0. The van der Waals surface area contributed by atoms with Gasteiger partial charge in [-0.15, -0.1) is 0 Å². The number of nitrogens with one attached hydrogen (secondary N) is 2. The van der Waals surface area contributed by atoms with Crippen molar-refractivity contribution in [3.8, 4) is 0 Å². The number of aromatic nitrogens is 2. The van der Waals surface area contributed by atoms with Crippen molar-refractivity contribution in [2.75, 3.05) is 11.9 Å². The maximum absolute atomic E-state index is 6.10. The first-order valence-corrected chi connectivity index (χ1v) is 8.82. The number of imidazole rings is 1. The summed E-state index contributed by atoms with van der Waals surface area (Å²) in [5, 5.41) is 3.29. The van der Waals surface area contributed by atoms with E-state index in [-0.39, 0.29) is 0 Å². The molecule has 0 fully saturated rings. The Kier molecular flexibility index (Phi) is 5.33. The minimum Gasteiger partial charge on any atom is -0.370 e. The van der Waals surface area contributed by atoms with Gasteiger partial charge in [-0.25, -0.2) is 4.98 Å². The van der Waals surface area contributed by atoms with Crippen LogP contribution in [-0.2, 0) is 19.3 Å². The van der Waals surface area contributed by atoms with Gasteiger partial charge < -0.3 is 16.0 Å². The SMILES string of the molecule is CCc1cccc(CC)c1NC(N)=NCCc1nc2ccccc2[nH]1. The fourth-order valence-electron chi connectivity index (χ4n) is 2.98. The highest BCUT2D eigenvalue weighted by Gasteiger charge is 2.07. The number of guanidine groups is 1. The Morgan fingerprint density at radius 1 is 1.08 bits per heavy atom. The maximum Gasteiger partial charge on any atom is 0.193 e. The van der Waals surface area contributed by atoms with Crippen LogP contribution in [-0.4, -0.2) is 22.5 Å². The normalized spacial score (nSPS) is 11.8. The molecule has 0 amide bonds. The molecule has 0 aliphatic heterocycles. The number of para-hydroxylation sites is 3. The minimum atomic E-state index is 0.451. The third kappa shape index (κ3) is 3.99. The quantitative estimate of drug-likeness (QED) is 0.475. The van der Waals surface area contributed by atoms with Crippen LogP contribution in [0, 0.1) is 0 Å². The minimum absolute atomic E-state index is 0.451. The zero-order chi connectivity index (χ0) is 17.6. The van der Waals surface area contributed by atoms with E-state index in [2.05, 4.69) is 52.3 Å². The number of nitrogens with zero attached hydrogens (tertiary/aromatic N) is 2. The highest BCUT2D eigenvalue weighted by atomic mass is 15.1. The van der Waals surface area contributed by atoms with Gasteiger partial charge in [-0.3, -0.25) is 4.99 Å². The van der Waals surface area contributed by atoms with Gasteiger partial charge in [0, 0.05) is 18.7 Å². The smallest absolute Gasteiger partial charge is 0.193 e.